The predicted octanol–water partition coefficient (Wildman–Crippen LogP) is 2.02. The molecule has 0 bridgehead atoms. The van der Waals surface area contributed by atoms with Gasteiger partial charge in [-0.3, -0.25) is 0 Å². The Balaban J connectivity index is 2.72. The van der Waals surface area contributed by atoms with Crippen LogP contribution in [0.2, 0.25) is 0 Å². The average Bonchev–Trinajstić information content (AvgIpc) is 2.97. The topological polar surface area (TPSA) is 46.2 Å². The molecule has 1 fully saturated rings. The summed E-state index contributed by atoms with van der Waals surface area (Å²) >= 11 is 3.39. The molecule has 0 atom stereocenters. The number of sulfonamides is 1. The molecule has 0 heterocycles. The molecule has 0 aromatic heterocycles. The van der Waals surface area contributed by atoms with Crippen molar-refractivity contribution in [2.24, 2.45) is 0 Å². The van der Waals surface area contributed by atoms with Crippen molar-refractivity contribution in [1.82, 2.24) is 4.72 Å². The fourth-order valence-corrected chi connectivity index (χ4v) is 4.38. The first-order chi connectivity index (χ1) is 6.49. The van der Waals surface area contributed by atoms with E-state index >= 15 is 0 Å². The molecule has 0 amide bonds. The van der Waals surface area contributed by atoms with E-state index in [1.54, 1.807) is 0 Å². The van der Waals surface area contributed by atoms with E-state index in [9.17, 15) is 8.42 Å². The SMILES string of the molecule is CCC(CC)(CBr)NS(=O)(=O)C1CC1. The molecule has 0 aliphatic heterocycles. The molecule has 14 heavy (non-hydrogen) atoms. The van der Waals surface area contributed by atoms with Gasteiger partial charge in [-0.1, -0.05) is 29.8 Å². The van der Waals surface area contributed by atoms with Crippen LogP contribution in [0.15, 0.2) is 0 Å². The third-order valence-electron chi connectivity index (χ3n) is 2.93. The molecule has 0 aromatic carbocycles. The lowest BCUT2D eigenvalue weighted by atomic mass is 9.97. The summed E-state index contributed by atoms with van der Waals surface area (Å²) in [7, 11) is -3.06. The summed E-state index contributed by atoms with van der Waals surface area (Å²) in [5, 5.41) is 0.554. The van der Waals surface area contributed by atoms with Crippen LogP contribution < -0.4 is 4.72 Å². The zero-order valence-corrected chi connectivity index (χ0v) is 11.1. The highest BCUT2D eigenvalue weighted by molar-refractivity contribution is 9.09. The molecule has 84 valence electrons. The molecule has 0 saturated heterocycles. The lowest BCUT2D eigenvalue weighted by Crippen LogP contribution is -2.50. The largest absolute Gasteiger partial charge is 0.215 e. The van der Waals surface area contributed by atoms with Crippen molar-refractivity contribution in [2.75, 3.05) is 5.33 Å². The third-order valence-corrected chi connectivity index (χ3v) is 6.07. The summed E-state index contributed by atoms with van der Waals surface area (Å²) in [6.45, 7) is 4.03. The first-order valence-corrected chi connectivity index (χ1v) is 7.75. The first-order valence-electron chi connectivity index (χ1n) is 5.08. The third kappa shape index (κ3) is 2.70. The van der Waals surface area contributed by atoms with Gasteiger partial charge in [0.1, 0.15) is 0 Å². The number of halogens is 1. The summed E-state index contributed by atoms with van der Waals surface area (Å²) in [6.07, 6.45) is 3.28. The van der Waals surface area contributed by atoms with Crippen LogP contribution in [0.25, 0.3) is 0 Å². The minimum atomic E-state index is -3.06. The van der Waals surface area contributed by atoms with Crippen LogP contribution in [0.4, 0.5) is 0 Å². The van der Waals surface area contributed by atoms with Crippen molar-refractivity contribution in [3.8, 4) is 0 Å². The lowest BCUT2D eigenvalue weighted by molar-refractivity contribution is 0.398. The summed E-state index contributed by atoms with van der Waals surface area (Å²) < 4.78 is 26.3. The van der Waals surface area contributed by atoms with Gasteiger partial charge in [-0.05, 0) is 25.7 Å². The van der Waals surface area contributed by atoms with Gasteiger partial charge in [0, 0.05) is 10.9 Å². The maximum Gasteiger partial charge on any atom is 0.215 e. The molecule has 1 aliphatic carbocycles. The highest BCUT2D eigenvalue weighted by Crippen LogP contribution is 2.30. The number of nitrogens with one attached hydrogen (secondary N) is 1. The highest BCUT2D eigenvalue weighted by Gasteiger charge is 2.40. The maximum atomic E-state index is 11.8. The summed E-state index contributed by atoms with van der Waals surface area (Å²) in [5.41, 5.74) is -0.290. The molecule has 1 aliphatic rings. The van der Waals surface area contributed by atoms with Crippen LogP contribution in [0, 0.1) is 0 Å². The molecular formula is C9H18BrNO2S. The normalized spacial score (nSPS) is 18.5. The molecular weight excluding hydrogens is 266 g/mol. The number of hydrogen-bond acceptors (Lipinski definition) is 2. The molecule has 0 aromatic rings. The summed E-state index contributed by atoms with van der Waals surface area (Å²) in [6, 6.07) is 0. The minimum Gasteiger partial charge on any atom is -0.212 e. The Hall–Kier alpha value is 0.390. The van der Waals surface area contributed by atoms with E-state index in [0.29, 0.717) is 5.33 Å². The van der Waals surface area contributed by atoms with Crippen LogP contribution in [0.5, 0.6) is 0 Å². The van der Waals surface area contributed by atoms with E-state index in [1.165, 1.54) is 0 Å². The first kappa shape index (κ1) is 12.5. The average molecular weight is 284 g/mol. The Morgan fingerprint density at radius 1 is 1.36 bits per heavy atom. The van der Waals surface area contributed by atoms with Gasteiger partial charge in [-0.15, -0.1) is 0 Å². The highest BCUT2D eigenvalue weighted by atomic mass is 79.9. The second kappa shape index (κ2) is 4.49. The second-order valence-electron chi connectivity index (χ2n) is 3.97. The van der Waals surface area contributed by atoms with E-state index in [4.69, 9.17) is 0 Å². The number of rotatable bonds is 6. The van der Waals surface area contributed by atoms with Crippen LogP contribution in [-0.2, 0) is 10.0 Å². The number of hydrogen-bond donors (Lipinski definition) is 1. The Morgan fingerprint density at radius 2 is 1.86 bits per heavy atom. The van der Waals surface area contributed by atoms with Crippen molar-refractivity contribution in [3.63, 3.8) is 0 Å². The maximum absolute atomic E-state index is 11.8. The van der Waals surface area contributed by atoms with E-state index in [1.807, 2.05) is 13.8 Å². The molecule has 0 unspecified atom stereocenters. The number of alkyl halides is 1. The van der Waals surface area contributed by atoms with Crippen molar-refractivity contribution in [3.05, 3.63) is 0 Å². The second-order valence-corrected chi connectivity index (χ2v) is 6.49. The molecule has 0 radical (unpaired) electrons. The molecule has 5 heteroatoms. The van der Waals surface area contributed by atoms with Gasteiger partial charge in [0.05, 0.1) is 5.25 Å². The fraction of sp³-hybridized carbons (Fsp3) is 1.00. The van der Waals surface area contributed by atoms with Crippen LogP contribution in [0.1, 0.15) is 39.5 Å². The molecule has 0 spiro atoms. The van der Waals surface area contributed by atoms with Gasteiger partial charge in [0.25, 0.3) is 0 Å². The van der Waals surface area contributed by atoms with Crippen molar-refractivity contribution in [1.29, 1.82) is 0 Å². The molecule has 1 N–H and O–H groups in total. The zero-order chi connectivity index (χ0) is 10.8. The van der Waals surface area contributed by atoms with Crippen molar-refractivity contribution in [2.45, 2.75) is 50.3 Å². The van der Waals surface area contributed by atoms with Gasteiger partial charge < -0.3 is 0 Å². The van der Waals surface area contributed by atoms with Crippen LogP contribution in [0.3, 0.4) is 0 Å². The Morgan fingerprint density at radius 3 is 2.14 bits per heavy atom. The van der Waals surface area contributed by atoms with E-state index < -0.39 is 10.0 Å². The Bertz CT molecular complexity index is 273. The van der Waals surface area contributed by atoms with Crippen LogP contribution >= 0.6 is 15.9 Å². The van der Waals surface area contributed by atoms with Crippen molar-refractivity contribution >= 4 is 26.0 Å². The lowest BCUT2D eigenvalue weighted by Gasteiger charge is -2.30. The Kier molecular flexibility index (Phi) is 4.00. The van der Waals surface area contributed by atoms with Gasteiger partial charge in [0.15, 0.2) is 0 Å². The molecule has 3 nitrogen and oxygen atoms in total. The zero-order valence-electron chi connectivity index (χ0n) is 8.72. The quantitative estimate of drug-likeness (QED) is 0.758. The van der Waals surface area contributed by atoms with E-state index in [2.05, 4.69) is 20.7 Å². The molecule has 1 rings (SSSR count). The van der Waals surface area contributed by atoms with E-state index in [0.717, 1.165) is 25.7 Å². The van der Waals surface area contributed by atoms with Gasteiger partial charge in [-0.25, -0.2) is 13.1 Å². The van der Waals surface area contributed by atoms with Crippen LogP contribution in [-0.4, -0.2) is 24.5 Å². The predicted molar refractivity (Wildman–Crippen MR) is 62.2 cm³/mol. The Labute approximate surface area is 94.8 Å². The van der Waals surface area contributed by atoms with Gasteiger partial charge in [0.2, 0.25) is 10.0 Å². The van der Waals surface area contributed by atoms with Gasteiger partial charge >= 0.3 is 0 Å². The summed E-state index contributed by atoms with van der Waals surface area (Å²) in [4.78, 5) is 0. The smallest absolute Gasteiger partial charge is 0.212 e. The van der Waals surface area contributed by atoms with Gasteiger partial charge in [-0.2, -0.15) is 0 Å². The summed E-state index contributed by atoms with van der Waals surface area (Å²) in [5.74, 6) is 0. The minimum absolute atomic E-state index is 0.126. The van der Waals surface area contributed by atoms with Crippen molar-refractivity contribution < 1.29 is 8.42 Å². The monoisotopic (exact) mass is 283 g/mol. The standard InChI is InChI=1S/C9H18BrNO2S/c1-3-9(4-2,7-10)11-14(12,13)8-5-6-8/h8,11H,3-7H2,1-2H3. The van der Waals surface area contributed by atoms with E-state index in [-0.39, 0.29) is 10.8 Å². The fourth-order valence-electron chi connectivity index (χ4n) is 1.37. The molecule has 1 saturated carbocycles.